The van der Waals surface area contributed by atoms with Crippen LogP contribution in [0.3, 0.4) is 0 Å². The Hall–Kier alpha value is -4.07. The minimum atomic E-state index is -0.556. The number of fused-ring (bicyclic) bond motifs is 6. The summed E-state index contributed by atoms with van der Waals surface area (Å²) < 4.78 is 7.74. The molecular formula is C45H42Cl2N2O3Ti. The fourth-order valence-electron chi connectivity index (χ4n) is 8.32. The number of nitrogens with zero attached hydrogens (tertiary/aromatic N) is 2. The molecular weight excluding hydrogens is 735 g/mol. The quantitative estimate of drug-likeness (QED) is 0.143. The van der Waals surface area contributed by atoms with Crippen molar-refractivity contribution in [3.8, 4) is 28.3 Å². The van der Waals surface area contributed by atoms with Crippen LogP contribution in [0.4, 0.5) is 0 Å². The van der Waals surface area contributed by atoms with Gasteiger partial charge in [-0.1, -0.05) is 109 Å². The SMILES string of the molecule is COCCN(Cc1cc(C)cc(-n2c3ccccc3c3ccccc32)c1O)Cc1cc(C)cc(C2(C)c3ccccc3-c3ccccc32)c1O.[Cl][Ti][Cl]. The third-order valence-electron chi connectivity index (χ3n) is 10.6. The maximum atomic E-state index is 12.2. The van der Waals surface area contributed by atoms with E-state index in [2.05, 4.69) is 139 Å². The molecule has 1 heterocycles. The molecule has 0 amide bonds. The number of benzene rings is 6. The summed E-state index contributed by atoms with van der Waals surface area (Å²) in [5.41, 5.74) is 11.9. The second kappa shape index (κ2) is 15.7. The summed E-state index contributed by atoms with van der Waals surface area (Å²) >= 11 is -0.556. The second-order valence-electron chi connectivity index (χ2n) is 14.0. The van der Waals surface area contributed by atoms with E-state index in [-0.39, 0.29) is 5.75 Å². The van der Waals surface area contributed by atoms with Crippen LogP contribution in [0.5, 0.6) is 11.5 Å². The van der Waals surface area contributed by atoms with Gasteiger partial charge in [0, 0.05) is 59.6 Å². The molecule has 0 spiro atoms. The molecule has 0 saturated heterocycles. The zero-order chi connectivity index (χ0) is 37.3. The fourth-order valence-corrected chi connectivity index (χ4v) is 8.32. The molecule has 6 aromatic carbocycles. The molecule has 0 unspecified atom stereocenters. The summed E-state index contributed by atoms with van der Waals surface area (Å²) in [5, 5.41) is 26.5. The number of rotatable bonds is 9. The van der Waals surface area contributed by atoms with E-state index in [1.807, 2.05) is 12.1 Å². The monoisotopic (exact) mass is 776 g/mol. The van der Waals surface area contributed by atoms with Gasteiger partial charge in [-0.05, 0) is 66.8 Å². The van der Waals surface area contributed by atoms with E-state index in [0.29, 0.717) is 32.0 Å². The molecule has 2 N–H and O–H groups in total. The van der Waals surface area contributed by atoms with Gasteiger partial charge in [0.2, 0.25) is 0 Å². The first-order chi connectivity index (χ1) is 25.7. The Labute approximate surface area is 328 Å². The summed E-state index contributed by atoms with van der Waals surface area (Å²) in [6, 6.07) is 42.2. The maximum absolute atomic E-state index is 12.2. The van der Waals surface area contributed by atoms with Crippen molar-refractivity contribution in [3.05, 3.63) is 160 Å². The number of phenolic OH excluding ortho intramolecular Hbond substituents is 2. The summed E-state index contributed by atoms with van der Waals surface area (Å²) in [6.45, 7) is 8.53. The zero-order valence-corrected chi connectivity index (χ0v) is 33.4. The standard InChI is InChI=1S/C45H42N2O3.2ClH.Ti/c1-29-23-31(43(48)39(25-29)45(3)37-17-9-5-13-33(37)34-14-6-10-18-38(34)45)27-46(21-22-50-4)28-32-24-30(2)26-42(44(32)49)47-40-19-11-7-15-35(40)36-16-8-12-20-41(36)47;;;/h5-20,23-26,48-49H,21-22,27-28H2,1-4H3;2*1H;/q;;;+2/p-2. The van der Waals surface area contributed by atoms with Gasteiger partial charge in [0.05, 0.1) is 23.3 Å². The van der Waals surface area contributed by atoms with Crippen molar-refractivity contribution in [3.63, 3.8) is 0 Å². The minimum absolute atomic E-state index is 0.255. The number of halogens is 2. The Kier molecular flexibility index (Phi) is 11.1. The Morgan fingerprint density at radius 1 is 0.660 bits per heavy atom. The van der Waals surface area contributed by atoms with Crippen LogP contribution in [0.1, 0.15) is 45.9 Å². The topological polar surface area (TPSA) is 57.9 Å². The molecule has 0 aliphatic heterocycles. The van der Waals surface area contributed by atoms with E-state index in [0.717, 1.165) is 55.3 Å². The third-order valence-corrected chi connectivity index (χ3v) is 10.6. The third kappa shape index (κ3) is 6.80. The van der Waals surface area contributed by atoms with Crippen molar-refractivity contribution in [1.82, 2.24) is 9.47 Å². The van der Waals surface area contributed by atoms with Gasteiger partial charge >= 0.3 is 35.6 Å². The molecule has 7 aromatic rings. The predicted molar refractivity (Wildman–Crippen MR) is 215 cm³/mol. The van der Waals surface area contributed by atoms with Crippen molar-refractivity contribution >= 4 is 40.4 Å². The molecule has 0 radical (unpaired) electrons. The van der Waals surface area contributed by atoms with Crippen LogP contribution in [0.25, 0.3) is 38.6 Å². The van der Waals surface area contributed by atoms with Crippen LogP contribution in [0.15, 0.2) is 121 Å². The number of methoxy groups -OCH3 is 1. The van der Waals surface area contributed by atoms with E-state index in [1.54, 1.807) is 7.11 Å². The van der Waals surface area contributed by atoms with Gasteiger partial charge in [0.15, 0.2) is 0 Å². The molecule has 268 valence electrons. The first-order valence-electron chi connectivity index (χ1n) is 17.7. The molecule has 5 nitrogen and oxygen atoms in total. The van der Waals surface area contributed by atoms with Gasteiger partial charge in [-0.3, -0.25) is 4.90 Å². The van der Waals surface area contributed by atoms with Gasteiger partial charge < -0.3 is 19.5 Å². The first kappa shape index (κ1) is 37.3. The van der Waals surface area contributed by atoms with Gasteiger partial charge in [0.1, 0.15) is 11.5 Å². The molecule has 0 fully saturated rings. The average molecular weight is 778 g/mol. The summed E-state index contributed by atoms with van der Waals surface area (Å²) in [6.07, 6.45) is 0. The Balaban J connectivity index is 0.00000140. The Morgan fingerprint density at radius 3 is 1.68 bits per heavy atom. The fraction of sp³-hybridized carbons (Fsp3) is 0.200. The van der Waals surface area contributed by atoms with E-state index >= 15 is 0 Å². The van der Waals surface area contributed by atoms with E-state index in [1.165, 1.54) is 22.3 Å². The Morgan fingerprint density at radius 2 is 1.13 bits per heavy atom. The molecule has 1 aromatic heterocycles. The number of aromatic nitrogens is 1. The molecule has 8 heteroatoms. The van der Waals surface area contributed by atoms with Gasteiger partial charge in [-0.25, -0.2) is 0 Å². The molecule has 1 aliphatic rings. The zero-order valence-electron chi connectivity index (χ0n) is 30.3. The second-order valence-corrected chi connectivity index (χ2v) is 16.6. The summed E-state index contributed by atoms with van der Waals surface area (Å²) in [4.78, 5) is 2.25. The van der Waals surface area contributed by atoms with Gasteiger partial charge in [-0.2, -0.15) is 0 Å². The predicted octanol–water partition coefficient (Wildman–Crippen LogP) is 11.2. The van der Waals surface area contributed by atoms with Crippen LogP contribution >= 0.6 is 18.6 Å². The van der Waals surface area contributed by atoms with Crippen molar-refractivity contribution in [2.24, 2.45) is 0 Å². The van der Waals surface area contributed by atoms with Gasteiger partial charge in [-0.15, -0.1) is 0 Å². The number of aromatic hydroxyl groups is 2. The van der Waals surface area contributed by atoms with E-state index in [4.69, 9.17) is 23.3 Å². The number of ether oxygens (including phenoxy) is 1. The number of hydrogen-bond acceptors (Lipinski definition) is 4. The van der Waals surface area contributed by atoms with Crippen molar-refractivity contribution in [2.75, 3.05) is 20.3 Å². The van der Waals surface area contributed by atoms with E-state index < -0.39 is 22.4 Å². The van der Waals surface area contributed by atoms with Crippen LogP contribution in [-0.2, 0) is 40.3 Å². The molecule has 0 bridgehead atoms. The molecule has 1 aliphatic carbocycles. The first-order valence-corrected chi connectivity index (χ1v) is 22.0. The molecule has 53 heavy (non-hydrogen) atoms. The average Bonchev–Trinajstić information content (AvgIpc) is 3.64. The molecule has 8 rings (SSSR count). The number of phenols is 2. The molecule has 0 saturated carbocycles. The number of para-hydroxylation sites is 2. The van der Waals surface area contributed by atoms with Crippen LogP contribution in [0, 0.1) is 13.8 Å². The van der Waals surface area contributed by atoms with Crippen LogP contribution in [-0.4, -0.2) is 39.9 Å². The van der Waals surface area contributed by atoms with Crippen LogP contribution in [0.2, 0.25) is 0 Å². The number of hydrogen-bond donors (Lipinski definition) is 2. The van der Waals surface area contributed by atoms with Gasteiger partial charge in [0.25, 0.3) is 0 Å². The van der Waals surface area contributed by atoms with Crippen molar-refractivity contribution in [1.29, 1.82) is 0 Å². The van der Waals surface area contributed by atoms with Crippen molar-refractivity contribution in [2.45, 2.75) is 39.3 Å². The van der Waals surface area contributed by atoms with E-state index in [9.17, 15) is 10.2 Å². The summed E-state index contributed by atoms with van der Waals surface area (Å²) in [5.74, 6) is 0.566. The summed E-state index contributed by atoms with van der Waals surface area (Å²) in [7, 11) is 11.5. The van der Waals surface area contributed by atoms with Crippen LogP contribution < -0.4 is 0 Å². The van der Waals surface area contributed by atoms with Crippen molar-refractivity contribution < 1.29 is 32.0 Å². The normalized spacial score (nSPS) is 12.8. The number of aryl methyl sites for hydroxylation is 2. The Bertz CT molecular complexity index is 2340. The molecule has 0 atom stereocenters.